The summed E-state index contributed by atoms with van der Waals surface area (Å²) in [4.78, 5) is 6.62. The lowest BCUT2D eigenvalue weighted by molar-refractivity contribution is 0.401. The maximum Gasteiger partial charge on any atom is 0.188 e. The molecule has 0 amide bonds. The van der Waals surface area contributed by atoms with E-state index < -0.39 is 0 Å². The quantitative estimate of drug-likeness (QED) is 0.610. The summed E-state index contributed by atoms with van der Waals surface area (Å²) in [5.41, 5.74) is 9.77. The Kier molecular flexibility index (Phi) is 6.63. The smallest absolute Gasteiger partial charge is 0.188 e. The second kappa shape index (κ2) is 8.96. The highest BCUT2D eigenvalue weighted by atomic mass is 15.1. The summed E-state index contributed by atoms with van der Waals surface area (Å²) in [7, 11) is 4.14. The van der Waals surface area contributed by atoms with Gasteiger partial charge in [0.15, 0.2) is 5.96 Å². The third-order valence-electron chi connectivity index (χ3n) is 3.59. The van der Waals surface area contributed by atoms with Gasteiger partial charge < -0.3 is 16.0 Å². The Balaban J connectivity index is 1.85. The van der Waals surface area contributed by atoms with E-state index in [1.807, 2.05) is 12.1 Å². The Hall–Kier alpha value is -2.33. The van der Waals surface area contributed by atoms with Crippen LogP contribution in [0.5, 0.6) is 0 Å². The van der Waals surface area contributed by atoms with Crippen molar-refractivity contribution in [3.05, 3.63) is 71.3 Å². The molecule has 0 saturated carbocycles. The lowest BCUT2D eigenvalue weighted by atomic mass is 10.1. The highest BCUT2D eigenvalue weighted by molar-refractivity contribution is 5.77. The van der Waals surface area contributed by atoms with Crippen LogP contribution in [-0.4, -0.2) is 31.5 Å². The zero-order valence-electron chi connectivity index (χ0n) is 14.0. The van der Waals surface area contributed by atoms with Crippen LogP contribution in [0.25, 0.3) is 0 Å². The third kappa shape index (κ3) is 6.12. The molecule has 23 heavy (non-hydrogen) atoms. The fraction of sp³-hybridized carbons (Fsp3) is 0.316. The first-order valence-corrected chi connectivity index (χ1v) is 7.94. The molecular formula is C19H26N4. The molecule has 0 spiro atoms. The first-order valence-electron chi connectivity index (χ1n) is 7.94. The average molecular weight is 310 g/mol. The molecule has 0 unspecified atom stereocenters. The minimum absolute atomic E-state index is 0.501. The fourth-order valence-corrected chi connectivity index (χ4v) is 2.41. The molecule has 4 heteroatoms. The molecule has 0 radical (unpaired) electrons. The van der Waals surface area contributed by atoms with Crippen LogP contribution in [0, 0.1) is 0 Å². The number of nitrogens with two attached hydrogens (primary N) is 1. The predicted octanol–water partition coefficient (Wildman–Crippen LogP) is 2.40. The maximum atomic E-state index is 5.97. The topological polar surface area (TPSA) is 53.6 Å². The lowest BCUT2D eigenvalue weighted by Gasteiger charge is -2.13. The van der Waals surface area contributed by atoms with Gasteiger partial charge in [-0.1, -0.05) is 54.6 Å². The maximum absolute atomic E-state index is 5.97. The fourth-order valence-electron chi connectivity index (χ4n) is 2.41. The SMILES string of the molecule is CN(C)Cc1ccccc1CN=C(N)NCCc1ccccc1. The molecule has 0 fully saturated rings. The Morgan fingerprint density at radius 1 is 1.00 bits per heavy atom. The Morgan fingerprint density at radius 2 is 1.65 bits per heavy atom. The van der Waals surface area contributed by atoms with Gasteiger partial charge in [-0.15, -0.1) is 0 Å². The van der Waals surface area contributed by atoms with Crippen molar-refractivity contribution in [2.45, 2.75) is 19.5 Å². The zero-order chi connectivity index (χ0) is 16.5. The van der Waals surface area contributed by atoms with Crippen LogP contribution in [0.2, 0.25) is 0 Å². The van der Waals surface area contributed by atoms with Crippen LogP contribution >= 0.6 is 0 Å². The second-order valence-electron chi connectivity index (χ2n) is 5.87. The standard InChI is InChI=1S/C19H26N4/c1-23(2)15-18-11-7-6-10-17(18)14-22-19(20)21-13-12-16-8-4-3-5-9-16/h3-11H,12-15H2,1-2H3,(H3,20,21,22). The van der Waals surface area contributed by atoms with E-state index in [1.54, 1.807) is 0 Å². The van der Waals surface area contributed by atoms with E-state index >= 15 is 0 Å². The monoisotopic (exact) mass is 310 g/mol. The van der Waals surface area contributed by atoms with Crippen LogP contribution in [-0.2, 0) is 19.5 Å². The molecule has 2 rings (SSSR count). The second-order valence-corrected chi connectivity index (χ2v) is 5.87. The van der Waals surface area contributed by atoms with Crippen molar-refractivity contribution in [1.29, 1.82) is 0 Å². The Morgan fingerprint density at radius 3 is 2.35 bits per heavy atom. The highest BCUT2D eigenvalue weighted by Gasteiger charge is 2.02. The van der Waals surface area contributed by atoms with Gasteiger partial charge in [-0.25, -0.2) is 4.99 Å². The molecule has 0 aliphatic rings. The number of rotatable bonds is 7. The summed E-state index contributed by atoms with van der Waals surface area (Å²) in [6, 6.07) is 18.7. The van der Waals surface area contributed by atoms with Crippen molar-refractivity contribution >= 4 is 5.96 Å². The summed E-state index contributed by atoms with van der Waals surface area (Å²) >= 11 is 0. The van der Waals surface area contributed by atoms with Crippen molar-refractivity contribution in [2.75, 3.05) is 20.6 Å². The van der Waals surface area contributed by atoms with Crippen LogP contribution < -0.4 is 11.1 Å². The number of hydrogen-bond donors (Lipinski definition) is 2. The zero-order valence-corrected chi connectivity index (χ0v) is 14.0. The highest BCUT2D eigenvalue weighted by Crippen LogP contribution is 2.11. The predicted molar refractivity (Wildman–Crippen MR) is 97.3 cm³/mol. The van der Waals surface area contributed by atoms with Gasteiger partial charge in [0.25, 0.3) is 0 Å². The van der Waals surface area contributed by atoms with Crippen LogP contribution in [0.3, 0.4) is 0 Å². The molecule has 0 heterocycles. The van der Waals surface area contributed by atoms with Gasteiger partial charge in [0, 0.05) is 13.1 Å². The van der Waals surface area contributed by atoms with Crippen LogP contribution in [0.15, 0.2) is 59.6 Å². The molecule has 3 N–H and O–H groups in total. The number of guanidine groups is 1. The summed E-state index contributed by atoms with van der Waals surface area (Å²) in [5, 5.41) is 3.18. The molecule has 0 atom stereocenters. The number of nitrogens with one attached hydrogen (secondary N) is 1. The molecule has 0 aromatic heterocycles. The van der Waals surface area contributed by atoms with Gasteiger partial charge in [0.1, 0.15) is 0 Å². The summed E-state index contributed by atoms with van der Waals surface area (Å²) in [5.74, 6) is 0.501. The number of aliphatic imine (C=N–C) groups is 1. The van der Waals surface area contributed by atoms with Crippen molar-refractivity contribution in [2.24, 2.45) is 10.7 Å². The first-order chi connectivity index (χ1) is 11.1. The molecule has 0 aliphatic carbocycles. The van der Waals surface area contributed by atoms with Crippen LogP contribution in [0.4, 0.5) is 0 Å². The number of benzene rings is 2. The van der Waals surface area contributed by atoms with E-state index in [-0.39, 0.29) is 0 Å². The summed E-state index contributed by atoms with van der Waals surface area (Å²) in [6.45, 7) is 2.31. The molecule has 0 bridgehead atoms. The van der Waals surface area contributed by atoms with Crippen molar-refractivity contribution < 1.29 is 0 Å². The normalized spacial score (nSPS) is 11.7. The number of nitrogens with zero attached hydrogens (tertiary/aromatic N) is 2. The lowest BCUT2D eigenvalue weighted by Crippen LogP contribution is -2.33. The number of hydrogen-bond acceptors (Lipinski definition) is 2. The molecule has 2 aromatic carbocycles. The van der Waals surface area contributed by atoms with Crippen molar-refractivity contribution in [3.63, 3.8) is 0 Å². The largest absolute Gasteiger partial charge is 0.370 e. The Labute approximate surface area is 139 Å². The van der Waals surface area contributed by atoms with Gasteiger partial charge in [-0.05, 0) is 37.2 Å². The summed E-state index contributed by atoms with van der Waals surface area (Å²) in [6.07, 6.45) is 0.939. The summed E-state index contributed by atoms with van der Waals surface area (Å²) < 4.78 is 0. The average Bonchev–Trinajstić information content (AvgIpc) is 2.54. The van der Waals surface area contributed by atoms with Gasteiger partial charge in [-0.2, -0.15) is 0 Å². The van der Waals surface area contributed by atoms with Gasteiger partial charge in [0.2, 0.25) is 0 Å². The van der Waals surface area contributed by atoms with Crippen molar-refractivity contribution in [1.82, 2.24) is 10.2 Å². The first kappa shape index (κ1) is 17.0. The molecule has 0 aliphatic heterocycles. The molecule has 122 valence electrons. The molecule has 0 saturated heterocycles. The minimum Gasteiger partial charge on any atom is -0.370 e. The molecular weight excluding hydrogens is 284 g/mol. The van der Waals surface area contributed by atoms with E-state index in [1.165, 1.54) is 16.7 Å². The van der Waals surface area contributed by atoms with Crippen LogP contribution in [0.1, 0.15) is 16.7 Å². The van der Waals surface area contributed by atoms with E-state index in [2.05, 4.69) is 71.8 Å². The molecule has 2 aromatic rings. The minimum atomic E-state index is 0.501. The van der Waals surface area contributed by atoms with Gasteiger partial charge in [0.05, 0.1) is 6.54 Å². The third-order valence-corrected chi connectivity index (χ3v) is 3.59. The Bertz CT molecular complexity index is 620. The van der Waals surface area contributed by atoms with E-state index in [0.717, 1.165) is 19.5 Å². The van der Waals surface area contributed by atoms with E-state index in [0.29, 0.717) is 12.5 Å². The van der Waals surface area contributed by atoms with Crippen molar-refractivity contribution in [3.8, 4) is 0 Å². The van der Waals surface area contributed by atoms with E-state index in [4.69, 9.17) is 5.73 Å². The molecule has 4 nitrogen and oxygen atoms in total. The van der Waals surface area contributed by atoms with Gasteiger partial charge in [-0.3, -0.25) is 0 Å². The van der Waals surface area contributed by atoms with E-state index in [9.17, 15) is 0 Å². The van der Waals surface area contributed by atoms with Gasteiger partial charge >= 0.3 is 0 Å².